The summed E-state index contributed by atoms with van der Waals surface area (Å²) in [4.78, 5) is 24.5. The van der Waals surface area contributed by atoms with Crippen molar-refractivity contribution in [1.29, 1.82) is 5.26 Å². The van der Waals surface area contributed by atoms with Crippen molar-refractivity contribution in [1.82, 2.24) is 9.88 Å². The Balaban J connectivity index is 2.37. The molecule has 0 spiro atoms. The Hall–Kier alpha value is -2.87. The van der Waals surface area contributed by atoms with Crippen LogP contribution in [0.4, 0.5) is 0 Å². The lowest BCUT2D eigenvalue weighted by atomic mass is 10.1. The average Bonchev–Trinajstić information content (AvgIpc) is 2.57. The Labute approximate surface area is 135 Å². The van der Waals surface area contributed by atoms with Crippen LogP contribution >= 0.6 is 0 Å². The van der Waals surface area contributed by atoms with Gasteiger partial charge in [-0.15, -0.1) is 0 Å². The molecule has 5 nitrogen and oxygen atoms in total. The van der Waals surface area contributed by atoms with E-state index in [-0.39, 0.29) is 18.0 Å². The van der Waals surface area contributed by atoms with Gasteiger partial charge in [0.1, 0.15) is 18.2 Å². The number of amides is 1. The summed E-state index contributed by atoms with van der Waals surface area (Å²) in [6, 6.07) is 14.4. The maximum Gasteiger partial charge on any atom is 0.269 e. The monoisotopic (exact) mass is 309 g/mol. The molecule has 23 heavy (non-hydrogen) atoms. The van der Waals surface area contributed by atoms with Crippen LogP contribution < -0.4 is 10.9 Å². The summed E-state index contributed by atoms with van der Waals surface area (Å²) in [6.07, 6.45) is 1.88. The van der Waals surface area contributed by atoms with Crippen LogP contribution in [0.25, 0.3) is 11.3 Å². The number of carbonyl (C=O) groups excluding carboxylic acids is 1. The van der Waals surface area contributed by atoms with Crippen molar-refractivity contribution >= 4 is 5.91 Å². The number of carbonyl (C=O) groups is 1. The Bertz CT molecular complexity index is 773. The molecule has 1 heterocycles. The molecule has 118 valence electrons. The van der Waals surface area contributed by atoms with Gasteiger partial charge in [0.15, 0.2) is 0 Å². The third-order valence-electron chi connectivity index (χ3n) is 3.52. The summed E-state index contributed by atoms with van der Waals surface area (Å²) in [5.74, 6) is -0.229. The molecule has 0 atom stereocenters. The van der Waals surface area contributed by atoms with Gasteiger partial charge in [-0.1, -0.05) is 43.7 Å². The highest BCUT2D eigenvalue weighted by Crippen LogP contribution is 2.17. The van der Waals surface area contributed by atoms with Crippen molar-refractivity contribution in [3.63, 3.8) is 0 Å². The van der Waals surface area contributed by atoms with Crippen LogP contribution in [0.2, 0.25) is 0 Å². The Morgan fingerprint density at radius 3 is 2.61 bits per heavy atom. The molecule has 1 aromatic heterocycles. The SMILES string of the molecule is CCCCNC(=O)Cn1c(-c2ccccc2)ccc(C#N)c1=O. The molecule has 2 rings (SSSR count). The lowest BCUT2D eigenvalue weighted by Gasteiger charge is -2.13. The first-order valence-electron chi connectivity index (χ1n) is 7.63. The normalized spacial score (nSPS) is 10.1. The minimum Gasteiger partial charge on any atom is -0.355 e. The average molecular weight is 309 g/mol. The maximum atomic E-state index is 12.4. The number of hydrogen-bond donors (Lipinski definition) is 1. The number of pyridine rings is 1. The fraction of sp³-hybridized carbons (Fsp3) is 0.278. The van der Waals surface area contributed by atoms with E-state index in [0.717, 1.165) is 18.4 Å². The Morgan fingerprint density at radius 2 is 1.96 bits per heavy atom. The van der Waals surface area contributed by atoms with Crippen LogP contribution in [0.3, 0.4) is 0 Å². The van der Waals surface area contributed by atoms with Crippen LogP contribution in [-0.4, -0.2) is 17.0 Å². The number of aromatic nitrogens is 1. The highest BCUT2D eigenvalue weighted by atomic mass is 16.2. The zero-order chi connectivity index (χ0) is 16.7. The smallest absolute Gasteiger partial charge is 0.269 e. The summed E-state index contributed by atoms with van der Waals surface area (Å²) >= 11 is 0. The molecule has 0 unspecified atom stereocenters. The molecule has 1 aromatic carbocycles. The Morgan fingerprint density at radius 1 is 1.22 bits per heavy atom. The van der Waals surface area contributed by atoms with E-state index in [1.165, 1.54) is 10.6 Å². The molecular formula is C18H19N3O2. The highest BCUT2D eigenvalue weighted by Gasteiger charge is 2.13. The van der Waals surface area contributed by atoms with E-state index < -0.39 is 5.56 Å². The molecule has 1 amide bonds. The topological polar surface area (TPSA) is 74.9 Å². The van der Waals surface area contributed by atoms with Gasteiger partial charge < -0.3 is 5.32 Å². The molecule has 0 fully saturated rings. The van der Waals surface area contributed by atoms with Crippen LogP contribution in [0, 0.1) is 11.3 Å². The van der Waals surface area contributed by atoms with E-state index in [1.807, 2.05) is 43.3 Å². The van der Waals surface area contributed by atoms with Crippen LogP contribution in [0.1, 0.15) is 25.3 Å². The summed E-state index contributed by atoms with van der Waals surface area (Å²) in [5.41, 5.74) is 1.04. The molecule has 1 N–H and O–H groups in total. The minimum atomic E-state index is -0.445. The van der Waals surface area contributed by atoms with Crippen LogP contribution in [-0.2, 0) is 11.3 Å². The van der Waals surface area contributed by atoms with Gasteiger partial charge in [0.05, 0.1) is 5.69 Å². The molecule has 0 aliphatic heterocycles. The summed E-state index contributed by atoms with van der Waals surface area (Å²) in [7, 11) is 0. The first-order valence-corrected chi connectivity index (χ1v) is 7.63. The van der Waals surface area contributed by atoms with Crippen molar-refractivity contribution < 1.29 is 4.79 Å². The minimum absolute atomic E-state index is 0.0334. The van der Waals surface area contributed by atoms with Gasteiger partial charge in [-0.05, 0) is 24.1 Å². The lowest BCUT2D eigenvalue weighted by molar-refractivity contribution is -0.121. The number of nitriles is 1. The van der Waals surface area contributed by atoms with Crippen LogP contribution in [0.15, 0.2) is 47.3 Å². The van der Waals surface area contributed by atoms with Gasteiger partial charge in [0, 0.05) is 6.54 Å². The molecule has 2 aromatic rings. The molecule has 0 saturated carbocycles. The van der Waals surface area contributed by atoms with Crippen molar-refractivity contribution in [2.24, 2.45) is 0 Å². The quantitative estimate of drug-likeness (QED) is 0.832. The predicted molar refractivity (Wildman–Crippen MR) is 88.8 cm³/mol. The largest absolute Gasteiger partial charge is 0.355 e. The van der Waals surface area contributed by atoms with Crippen LogP contribution in [0.5, 0.6) is 0 Å². The van der Waals surface area contributed by atoms with Crippen molar-refractivity contribution in [2.75, 3.05) is 6.54 Å². The molecule has 0 radical (unpaired) electrons. The van der Waals surface area contributed by atoms with Crippen molar-refractivity contribution in [3.8, 4) is 17.3 Å². The number of rotatable bonds is 6. The summed E-state index contributed by atoms with van der Waals surface area (Å²) in [6.45, 7) is 2.53. The maximum absolute atomic E-state index is 12.4. The van der Waals surface area contributed by atoms with Crippen molar-refractivity contribution in [2.45, 2.75) is 26.3 Å². The zero-order valence-electron chi connectivity index (χ0n) is 13.1. The third kappa shape index (κ3) is 4.07. The number of hydrogen-bond acceptors (Lipinski definition) is 3. The molecule has 5 heteroatoms. The van der Waals surface area contributed by atoms with Gasteiger partial charge in [-0.25, -0.2) is 0 Å². The van der Waals surface area contributed by atoms with E-state index in [9.17, 15) is 9.59 Å². The first-order chi connectivity index (χ1) is 11.2. The second-order valence-corrected chi connectivity index (χ2v) is 5.20. The first kappa shape index (κ1) is 16.5. The fourth-order valence-corrected chi connectivity index (χ4v) is 2.29. The standard InChI is InChI=1S/C18H19N3O2/c1-2-3-11-20-17(22)13-21-16(14-7-5-4-6-8-14)10-9-15(12-19)18(21)23/h4-10H,2-3,11,13H2,1H3,(H,20,22). The van der Waals surface area contributed by atoms with E-state index in [4.69, 9.17) is 5.26 Å². The number of benzene rings is 1. The van der Waals surface area contributed by atoms with Gasteiger partial charge in [-0.3, -0.25) is 14.2 Å². The van der Waals surface area contributed by atoms with Gasteiger partial charge in [0.2, 0.25) is 5.91 Å². The fourth-order valence-electron chi connectivity index (χ4n) is 2.29. The number of nitrogens with zero attached hydrogens (tertiary/aromatic N) is 2. The van der Waals surface area contributed by atoms with E-state index >= 15 is 0 Å². The highest BCUT2D eigenvalue weighted by molar-refractivity contribution is 5.76. The second kappa shape index (κ2) is 7.95. The molecule has 0 aliphatic rings. The van der Waals surface area contributed by atoms with Gasteiger partial charge >= 0.3 is 0 Å². The second-order valence-electron chi connectivity index (χ2n) is 5.20. The molecule has 0 bridgehead atoms. The number of nitrogens with one attached hydrogen (secondary N) is 1. The van der Waals surface area contributed by atoms with Gasteiger partial charge in [-0.2, -0.15) is 5.26 Å². The Kier molecular flexibility index (Phi) is 5.70. The lowest BCUT2D eigenvalue weighted by Crippen LogP contribution is -2.34. The van der Waals surface area contributed by atoms with Gasteiger partial charge in [0.25, 0.3) is 5.56 Å². The van der Waals surface area contributed by atoms with Crippen molar-refractivity contribution in [3.05, 3.63) is 58.4 Å². The van der Waals surface area contributed by atoms with E-state index in [2.05, 4.69) is 5.32 Å². The molecule has 0 aliphatic carbocycles. The third-order valence-corrected chi connectivity index (χ3v) is 3.52. The van der Waals surface area contributed by atoms with E-state index in [1.54, 1.807) is 6.07 Å². The molecule has 0 saturated heterocycles. The predicted octanol–water partition coefficient (Wildman–Crippen LogP) is 2.30. The number of unbranched alkanes of at least 4 members (excludes halogenated alkanes) is 1. The van der Waals surface area contributed by atoms with E-state index in [0.29, 0.717) is 12.2 Å². The summed E-state index contributed by atoms with van der Waals surface area (Å²) in [5, 5.41) is 11.8. The molecular weight excluding hydrogens is 290 g/mol. The summed E-state index contributed by atoms with van der Waals surface area (Å²) < 4.78 is 1.36. The zero-order valence-corrected chi connectivity index (χ0v) is 13.1.